The molecule has 1 aromatic heterocycles. The van der Waals surface area contributed by atoms with Gasteiger partial charge in [-0.3, -0.25) is 10.1 Å². The van der Waals surface area contributed by atoms with Gasteiger partial charge in [-0.2, -0.15) is 0 Å². The van der Waals surface area contributed by atoms with E-state index in [4.69, 9.17) is 4.74 Å². The molecule has 5 nitrogen and oxygen atoms in total. The maximum absolute atomic E-state index is 11.2. The first-order valence-corrected chi connectivity index (χ1v) is 8.62. The van der Waals surface area contributed by atoms with Crippen LogP contribution in [0.5, 0.6) is 5.75 Å². The third kappa shape index (κ3) is 3.27. The van der Waals surface area contributed by atoms with Gasteiger partial charge in [-0.05, 0) is 35.4 Å². The van der Waals surface area contributed by atoms with Crippen molar-refractivity contribution in [3.63, 3.8) is 0 Å². The van der Waals surface area contributed by atoms with Crippen LogP contribution in [0.4, 0.5) is 5.69 Å². The zero-order valence-electron chi connectivity index (χ0n) is 14.8. The number of rotatable bonds is 5. The van der Waals surface area contributed by atoms with Crippen LogP contribution in [-0.4, -0.2) is 16.6 Å². The second-order valence-corrected chi connectivity index (χ2v) is 6.33. The molecule has 0 aliphatic rings. The van der Waals surface area contributed by atoms with Crippen molar-refractivity contribution in [1.82, 2.24) is 4.57 Å². The van der Waals surface area contributed by atoms with Crippen molar-refractivity contribution in [3.05, 3.63) is 94.5 Å². The van der Waals surface area contributed by atoms with Gasteiger partial charge in [0.1, 0.15) is 5.75 Å². The maximum atomic E-state index is 11.2. The minimum Gasteiger partial charge on any atom is -0.497 e. The molecule has 27 heavy (non-hydrogen) atoms. The second-order valence-electron chi connectivity index (χ2n) is 6.33. The van der Waals surface area contributed by atoms with Crippen LogP contribution >= 0.6 is 0 Å². The highest BCUT2D eigenvalue weighted by molar-refractivity contribution is 5.88. The van der Waals surface area contributed by atoms with Crippen molar-refractivity contribution in [1.29, 1.82) is 0 Å². The summed E-state index contributed by atoms with van der Waals surface area (Å²) in [6.07, 6.45) is 0. The number of nitro benzene ring substituents is 1. The Morgan fingerprint density at radius 3 is 2.37 bits per heavy atom. The molecule has 1 heterocycles. The standard InChI is InChI=1S/C22H18N2O3/c1-27-20-11-7-16(8-12-20)15-23-21(17-5-3-2-4-6-17)13-18-9-10-19(24(25)26)14-22(18)23/h2-14H,15H2,1H3. The van der Waals surface area contributed by atoms with E-state index in [1.807, 2.05) is 60.7 Å². The summed E-state index contributed by atoms with van der Waals surface area (Å²) < 4.78 is 7.35. The molecule has 0 aliphatic carbocycles. The average molecular weight is 358 g/mol. The lowest BCUT2D eigenvalue weighted by molar-refractivity contribution is -0.384. The Balaban J connectivity index is 1.88. The average Bonchev–Trinajstić information content (AvgIpc) is 3.07. The third-order valence-electron chi connectivity index (χ3n) is 4.67. The SMILES string of the molecule is COc1ccc(Cn2c(-c3ccccc3)cc3ccc([N+](=O)[O-])cc32)cc1. The molecule has 0 bridgehead atoms. The van der Waals surface area contributed by atoms with Gasteiger partial charge in [0.25, 0.3) is 5.69 Å². The van der Waals surface area contributed by atoms with E-state index in [2.05, 4.69) is 10.6 Å². The fourth-order valence-electron chi connectivity index (χ4n) is 3.29. The Labute approximate surface area is 156 Å². The predicted octanol–water partition coefficient (Wildman–Crippen LogP) is 5.27. The highest BCUT2D eigenvalue weighted by Crippen LogP contribution is 2.31. The van der Waals surface area contributed by atoms with Crippen LogP contribution in [-0.2, 0) is 6.54 Å². The molecule has 4 rings (SSSR count). The van der Waals surface area contributed by atoms with Crippen LogP contribution in [0.15, 0.2) is 78.9 Å². The molecule has 0 unspecified atom stereocenters. The Morgan fingerprint density at radius 1 is 0.963 bits per heavy atom. The first-order chi connectivity index (χ1) is 13.2. The molecule has 5 heteroatoms. The fourth-order valence-corrected chi connectivity index (χ4v) is 3.29. The highest BCUT2D eigenvalue weighted by Gasteiger charge is 2.15. The normalized spacial score (nSPS) is 10.9. The van der Waals surface area contributed by atoms with Crippen LogP contribution in [0.2, 0.25) is 0 Å². The number of methoxy groups -OCH3 is 1. The lowest BCUT2D eigenvalue weighted by Gasteiger charge is -2.12. The van der Waals surface area contributed by atoms with E-state index in [0.717, 1.165) is 33.5 Å². The van der Waals surface area contributed by atoms with Gasteiger partial charge < -0.3 is 9.30 Å². The molecule has 0 spiro atoms. The number of non-ortho nitro benzene ring substituents is 1. The van der Waals surface area contributed by atoms with E-state index >= 15 is 0 Å². The molecule has 0 aliphatic heterocycles. The number of nitro groups is 1. The van der Waals surface area contributed by atoms with Crippen LogP contribution < -0.4 is 4.74 Å². The van der Waals surface area contributed by atoms with E-state index in [1.54, 1.807) is 19.2 Å². The smallest absolute Gasteiger partial charge is 0.271 e. The zero-order chi connectivity index (χ0) is 18.8. The molecule has 134 valence electrons. The van der Waals surface area contributed by atoms with Gasteiger partial charge >= 0.3 is 0 Å². The third-order valence-corrected chi connectivity index (χ3v) is 4.67. The number of nitrogens with zero attached hydrogens (tertiary/aromatic N) is 2. The van der Waals surface area contributed by atoms with Crippen LogP contribution in [0.1, 0.15) is 5.56 Å². The molecular weight excluding hydrogens is 340 g/mol. The summed E-state index contributed by atoms with van der Waals surface area (Å²) in [5, 5.41) is 12.2. The summed E-state index contributed by atoms with van der Waals surface area (Å²) in [4.78, 5) is 10.9. The number of ether oxygens (including phenoxy) is 1. The topological polar surface area (TPSA) is 57.3 Å². The molecule has 4 aromatic rings. The molecule has 0 N–H and O–H groups in total. The van der Waals surface area contributed by atoms with Crippen LogP contribution in [0.3, 0.4) is 0 Å². The Bertz CT molecular complexity index is 1100. The summed E-state index contributed by atoms with van der Waals surface area (Å²) >= 11 is 0. The summed E-state index contributed by atoms with van der Waals surface area (Å²) in [6, 6.07) is 25.0. The van der Waals surface area contributed by atoms with Crippen molar-refractivity contribution < 1.29 is 9.66 Å². The van der Waals surface area contributed by atoms with E-state index < -0.39 is 0 Å². The molecule has 0 atom stereocenters. The second kappa shape index (κ2) is 6.96. The van der Waals surface area contributed by atoms with E-state index in [0.29, 0.717) is 6.54 Å². The highest BCUT2D eigenvalue weighted by atomic mass is 16.6. The van der Waals surface area contributed by atoms with Crippen molar-refractivity contribution >= 4 is 16.6 Å². The van der Waals surface area contributed by atoms with Gasteiger partial charge in [0.15, 0.2) is 0 Å². The quantitative estimate of drug-likeness (QED) is 0.360. The van der Waals surface area contributed by atoms with Crippen molar-refractivity contribution in [3.8, 4) is 17.0 Å². The Hall–Kier alpha value is -3.60. The largest absolute Gasteiger partial charge is 0.497 e. The minimum absolute atomic E-state index is 0.0937. The summed E-state index contributed by atoms with van der Waals surface area (Å²) in [6.45, 7) is 0.610. The molecule has 3 aromatic carbocycles. The molecular formula is C22H18N2O3. The summed E-state index contributed by atoms with van der Waals surface area (Å²) in [5.41, 5.74) is 4.14. The number of hydrogen-bond donors (Lipinski definition) is 0. The lowest BCUT2D eigenvalue weighted by Crippen LogP contribution is -2.02. The van der Waals surface area contributed by atoms with Gasteiger partial charge in [0.2, 0.25) is 0 Å². The number of benzene rings is 3. The summed E-state index contributed by atoms with van der Waals surface area (Å²) in [7, 11) is 1.64. The van der Waals surface area contributed by atoms with Gasteiger partial charge in [0.05, 0.1) is 17.5 Å². The fraction of sp³-hybridized carbons (Fsp3) is 0.0909. The van der Waals surface area contributed by atoms with E-state index in [1.165, 1.54) is 0 Å². The van der Waals surface area contributed by atoms with Crippen molar-refractivity contribution in [2.24, 2.45) is 0 Å². The van der Waals surface area contributed by atoms with Gasteiger partial charge in [0, 0.05) is 29.8 Å². The lowest BCUT2D eigenvalue weighted by atomic mass is 10.1. The monoisotopic (exact) mass is 358 g/mol. The molecule has 0 fully saturated rings. The molecule has 0 saturated carbocycles. The minimum atomic E-state index is -0.355. The van der Waals surface area contributed by atoms with E-state index in [-0.39, 0.29) is 10.6 Å². The molecule has 0 amide bonds. The zero-order valence-corrected chi connectivity index (χ0v) is 14.8. The molecule has 0 saturated heterocycles. The number of fused-ring (bicyclic) bond motifs is 1. The Morgan fingerprint density at radius 2 is 1.70 bits per heavy atom. The van der Waals surface area contributed by atoms with Gasteiger partial charge in [-0.15, -0.1) is 0 Å². The first-order valence-electron chi connectivity index (χ1n) is 8.62. The van der Waals surface area contributed by atoms with Crippen LogP contribution in [0.25, 0.3) is 22.2 Å². The van der Waals surface area contributed by atoms with Crippen LogP contribution in [0, 0.1) is 10.1 Å². The summed E-state index contributed by atoms with van der Waals surface area (Å²) in [5.74, 6) is 0.801. The van der Waals surface area contributed by atoms with Crippen molar-refractivity contribution in [2.75, 3.05) is 7.11 Å². The van der Waals surface area contributed by atoms with Gasteiger partial charge in [-0.1, -0.05) is 42.5 Å². The Kier molecular flexibility index (Phi) is 4.34. The van der Waals surface area contributed by atoms with E-state index in [9.17, 15) is 10.1 Å². The molecule has 0 radical (unpaired) electrons. The van der Waals surface area contributed by atoms with Gasteiger partial charge in [-0.25, -0.2) is 0 Å². The van der Waals surface area contributed by atoms with Crippen molar-refractivity contribution in [2.45, 2.75) is 6.54 Å². The predicted molar refractivity (Wildman–Crippen MR) is 106 cm³/mol. The maximum Gasteiger partial charge on any atom is 0.271 e. The number of hydrogen-bond acceptors (Lipinski definition) is 3. The first kappa shape index (κ1) is 16.8. The number of aromatic nitrogens is 1.